The van der Waals surface area contributed by atoms with Crippen LogP contribution in [0.4, 0.5) is 0 Å². The molecule has 1 unspecified atom stereocenters. The molecule has 0 spiro atoms. The van der Waals surface area contributed by atoms with Gasteiger partial charge in [0.1, 0.15) is 0 Å². The molecule has 0 saturated heterocycles. The van der Waals surface area contributed by atoms with Crippen molar-refractivity contribution in [1.29, 1.82) is 0 Å². The zero-order chi connectivity index (χ0) is 7.82. The summed E-state index contributed by atoms with van der Waals surface area (Å²) >= 11 is -2.07. The highest BCUT2D eigenvalue weighted by atomic mass is 32.2. The second kappa shape index (κ2) is 6.66. The van der Waals surface area contributed by atoms with Crippen molar-refractivity contribution < 1.29 is 12.9 Å². The van der Waals surface area contributed by atoms with Crippen LogP contribution in [0.2, 0.25) is 0 Å². The standard InChI is InChI=1S/C3H6N2.CH4O3S/c1-2-5-3-4-1;1-4-5(2)3/h3H,1-2H2,(H,4,5);1H3,(H,2,3). The Morgan fingerprint density at radius 3 is 2.60 bits per heavy atom. The van der Waals surface area contributed by atoms with E-state index < -0.39 is 11.4 Å². The Bertz CT molecular complexity index is 122. The van der Waals surface area contributed by atoms with Gasteiger partial charge in [0.2, 0.25) is 0 Å². The molecule has 10 heavy (non-hydrogen) atoms. The maximum atomic E-state index is 9.26. The fraction of sp³-hybridized carbons (Fsp3) is 0.750. The maximum absolute atomic E-state index is 9.26. The minimum Gasteiger partial charge on any atom is -0.375 e. The number of aliphatic imine (C=N–C) groups is 1. The first-order chi connectivity index (χ1) is 4.77. The topological polar surface area (TPSA) is 70.9 Å². The Labute approximate surface area is 62.0 Å². The van der Waals surface area contributed by atoms with Crippen LogP contribution in [0.5, 0.6) is 0 Å². The van der Waals surface area contributed by atoms with Gasteiger partial charge in [0.25, 0.3) is 0 Å². The van der Waals surface area contributed by atoms with Gasteiger partial charge in [0, 0.05) is 6.54 Å². The molecule has 1 heterocycles. The summed E-state index contributed by atoms with van der Waals surface area (Å²) in [7, 11) is 1.15. The highest BCUT2D eigenvalue weighted by Gasteiger charge is 1.82. The third-order valence-corrected chi connectivity index (χ3v) is 0.996. The molecule has 1 atom stereocenters. The normalized spacial score (nSPS) is 17.0. The van der Waals surface area contributed by atoms with Gasteiger partial charge in [-0.05, 0) is 0 Å². The quantitative estimate of drug-likeness (QED) is 0.510. The van der Waals surface area contributed by atoms with Gasteiger partial charge >= 0.3 is 11.4 Å². The lowest BCUT2D eigenvalue weighted by Crippen LogP contribution is -2.04. The number of hydrogen-bond donors (Lipinski definition) is 2. The lowest BCUT2D eigenvalue weighted by atomic mass is 10.7. The number of nitrogens with zero attached hydrogens (tertiary/aromatic N) is 1. The maximum Gasteiger partial charge on any atom is 0.301 e. The zero-order valence-electron chi connectivity index (χ0n) is 5.61. The van der Waals surface area contributed by atoms with Crippen LogP contribution in [-0.4, -0.2) is 35.3 Å². The van der Waals surface area contributed by atoms with Crippen LogP contribution < -0.4 is 5.32 Å². The minimum atomic E-state index is -2.07. The Kier molecular flexibility index (Phi) is 6.35. The predicted octanol–water partition coefficient (Wildman–Crippen LogP) is -0.613. The number of rotatable bonds is 1. The smallest absolute Gasteiger partial charge is 0.301 e. The summed E-state index contributed by atoms with van der Waals surface area (Å²) in [4.78, 5) is 3.85. The second-order valence-corrected chi connectivity index (χ2v) is 2.14. The summed E-state index contributed by atoms with van der Waals surface area (Å²) in [6.07, 6.45) is 1.74. The number of nitrogens with one attached hydrogen (secondary N) is 1. The first kappa shape index (κ1) is 9.54. The van der Waals surface area contributed by atoms with E-state index in [0.717, 1.165) is 20.2 Å². The molecule has 0 amide bonds. The summed E-state index contributed by atoms with van der Waals surface area (Å²) in [6, 6.07) is 0. The van der Waals surface area contributed by atoms with E-state index in [1.165, 1.54) is 0 Å². The highest BCUT2D eigenvalue weighted by Crippen LogP contribution is 1.68. The van der Waals surface area contributed by atoms with Crippen molar-refractivity contribution in [2.75, 3.05) is 20.2 Å². The summed E-state index contributed by atoms with van der Waals surface area (Å²) in [5, 5.41) is 2.93. The van der Waals surface area contributed by atoms with E-state index in [4.69, 9.17) is 4.55 Å². The van der Waals surface area contributed by atoms with Gasteiger partial charge < -0.3 is 5.32 Å². The molecule has 2 N–H and O–H groups in total. The molecule has 0 aliphatic carbocycles. The summed E-state index contributed by atoms with van der Waals surface area (Å²) in [6.45, 7) is 1.99. The van der Waals surface area contributed by atoms with Crippen molar-refractivity contribution >= 4 is 17.7 Å². The summed E-state index contributed by atoms with van der Waals surface area (Å²) < 4.78 is 20.6. The van der Waals surface area contributed by atoms with E-state index in [2.05, 4.69) is 14.5 Å². The third-order valence-electron chi connectivity index (χ3n) is 0.710. The molecule has 0 fully saturated rings. The van der Waals surface area contributed by atoms with Crippen molar-refractivity contribution in [3.63, 3.8) is 0 Å². The Balaban J connectivity index is 0.000000162. The molecule has 0 aromatic heterocycles. The van der Waals surface area contributed by atoms with E-state index in [1.54, 1.807) is 6.34 Å². The summed E-state index contributed by atoms with van der Waals surface area (Å²) in [5.74, 6) is 0. The molecule has 0 bridgehead atoms. The van der Waals surface area contributed by atoms with Crippen molar-refractivity contribution in [2.45, 2.75) is 0 Å². The molecule has 0 aromatic carbocycles. The van der Waals surface area contributed by atoms with E-state index in [9.17, 15) is 4.21 Å². The van der Waals surface area contributed by atoms with Crippen molar-refractivity contribution in [3.8, 4) is 0 Å². The molecule has 0 radical (unpaired) electrons. The average molecular weight is 166 g/mol. The Morgan fingerprint density at radius 1 is 1.90 bits per heavy atom. The number of hydrogen-bond acceptors (Lipinski definition) is 4. The van der Waals surface area contributed by atoms with Gasteiger partial charge in [0.05, 0.1) is 20.0 Å². The van der Waals surface area contributed by atoms with Crippen LogP contribution in [0.25, 0.3) is 0 Å². The molecule has 1 rings (SSSR count). The van der Waals surface area contributed by atoms with Gasteiger partial charge in [0.15, 0.2) is 0 Å². The van der Waals surface area contributed by atoms with Crippen LogP contribution >= 0.6 is 0 Å². The van der Waals surface area contributed by atoms with Gasteiger partial charge in [-0.15, -0.1) is 0 Å². The third kappa shape index (κ3) is 7.54. The largest absolute Gasteiger partial charge is 0.375 e. The van der Waals surface area contributed by atoms with Crippen LogP contribution in [-0.2, 0) is 15.5 Å². The van der Waals surface area contributed by atoms with Crippen molar-refractivity contribution in [3.05, 3.63) is 0 Å². The Morgan fingerprint density at radius 2 is 2.50 bits per heavy atom. The van der Waals surface area contributed by atoms with Crippen LogP contribution in [0, 0.1) is 0 Å². The molecule has 5 nitrogen and oxygen atoms in total. The SMILES string of the molecule is C1=NCCN1.COS(=O)O. The van der Waals surface area contributed by atoms with Crippen LogP contribution in [0.3, 0.4) is 0 Å². The molecule has 1 aliphatic heterocycles. The highest BCUT2D eigenvalue weighted by molar-refractivity contribution is 7.74. The van der Waals surface area contributed by atoms with E-state index in [-0.39, 0.29) is 0 Å². The predicted molar refractivity (Wildman–Crippen MR) is 39.1 cm³/mol. The molecular weight excluding hydrogens is 156 g/mol. The molecule has 0 aromatic rings. The second-order valence-electron chi connectivity index (χ2n) is 1.37. The van der Waals surface area contributed by atoms with E-state index in [0.29, 0.717) is 0 Å². The van der Waals surface area contributed by atoms with Gasteiger partial charge in [-0.2, -0.15) is 4.21 Å². The Hall–Kier alpha value is -0.460. The minimum absolute atomic E-state index is 0.958. The van der Waals surface area contributed by atoms with Gasteiger partial charge in [-0.1, -0.05) is 0 Å². The van der Waals surface area contributed by atoms with E-state index in [1.807, 2.05) is 0 Å². The first-order valence-electron chi connectivity index (χ1n) is 2.64. The first-order valence-corrected chi connectivity index (χ1v) is 3.67. The molecular formula is C4H10N2O3S. The van der Waals surface area contributed by atoms with Gasteiger partial charge in [-0.25, -0.2) is 0 Å². The lowest BCUT2D eigenvalue weighted by molar-refractivity contribution is 0.379. The molecule has 60 valence electrons. The van der Waals surface area contributed by atoms with Gasteiger partial charge in [-0.3, -0.25) is 13.7 Å². The molecule has 6 heteroatoms. The molecule has 1 aliphatic rings. The van der Waals surface area contributed by atoms with Crippen LogP contribution in [0.1, 0.15) is 0 Å². The fourth-order valence-electron chi connectivity index (χ4n) is 0.323. The van der Waals surface area contributed by atoms with Crippen LogP contribution in [0.15, 0.2) is 4.99 Å². The zero-order valence-corrected chi connectivity index (χ0v) is 6.43. The van der Waals surface area contributed by atoms with E-state index >= 15 is 0 Å². The fourth-order valence-corrected chi connectivity index (χ4v) is 0.323. The van der Waals surface area contributed by atoms with Crippen molar-refractivity contribution in [1.82, 2.24) is 5.32 Å². The molecule has 0 saturated carbocycles. The monoisotopic (exact) mass is 166 g/mol. The average Bonchev–Trinajstić information content (AvgIpc) is 2.43. The lowest BCUT2D eigenvalue weighted by Gasteiger charge is -1.76. The van der Waals surface area contributed by atoms with Crippen molar-refractivity contribution in [2.24, 2.45) is 4.99 Å². The summed E-state index contributed by atoms with van der Waals surface area (Å²) in [5.41, 5.74) is 0.